The first-order valence-corrected chi connectivity index (χ1v) is 8.33. The number of halogens is 2. The van der Waals surface area contributed by atoms with E-state index in [1.54, 1.807) is 18.2 Å². The molecule has 2 heterocycles. The predicted molar refractivity (Wildman–Crippen MR) is 98.7 cm³/mol. The summed E-state index contributed by atoms with van der Waals surface area (Å²) in [6.45, 7) is 3.49. The topological polar surface area (TPSA) is 59.5 Å². The lowest BCUT2D eigenvalue weighted by molar-refractivity contribution is 0.0650. The zero-order chi connectivity index (χ0) is 16.4. The number of benzene rings is 1. The minimum Gasteiger partial charge on any atom is -0.451 e. The average Bonchev–Trinajstić information content (AvgIpc) is 3.04. The second-order valence-corrected chi connectivity index (χ2v) is 6.54. The zero-order valence-corrected chi connectivity index (χ0v) is 15.1. The van der Waals surface area contributed by atoms with Crippen molar-refractivity contribution in [2.45, 2.75) is 25.8 Å². The molecule has 4 nitrogen and oxygen atoms in total. The van der Waals surface area contributed by atoms with Crippen LogP contribution in [0.25, 0.3) is 11.3 Å². The number of likely N-dealkylation sites (tertiary alicyclic amines) is 1. The highest BCUT2D eigenvalue weighted by atomic mass is 35.5. The Morgan fingerprint density at radius 2 is 1.92 bits per heavy atom. The van der Waals surface area contributed by atoms with Gasteiger partial charge in [-0.05, 0) is 49.9 Å². The van der Waals surface area contributed by atoms with Crippen LogP contribution in [-0.4, -0.2) is 29.9 Å². The van der Waals surface area contributed by atoms with Gasteiger partial charge in [-0.25, -0.2) is 0 Å². The first kappa shape index (κ1) is 18.8. The van der Waals surface area contributed by atoms with E-state index in [4.69, 9.17) is 21.8 Å². The summed E-state index contributed by atoms with van der Waals surface area (Å²) in [6.07, 6.45) is 1.89. The molecule has 1 aliphatic rings. The maximum absolute atomic E-state index is 12.6. The molecular weight excluding hydrogens is 347 g/mol. The van der Waals surface area contributed by atoms with E-state index in [9.17, 15) is 4.79 Å². The monoisotopic (exact) mass is 368 g/mol. The number of furan rings is 1. The molecule has 0 saturated carbocycles. The largest absolute Gasteiger partial charge is 0.451 e. The second kappa shape index (κ2) is 8.06. The van der Waals surface area contributed by atoms with Gasteiger partial charge in [-0.1, -0.05) is 23.7 Å². The van der Waals surface area contributed by atoms with Crippen LogP contribution in [-0.2, 0) is 0 Å². The molecule has 1 atom stereocenters. The first-order chi connectivity index (χ1) is 11.1. The summed E-state index contributed by atoms with van der Waals surface area (Å²) >= 11 is 6.17. The molecule has 0 bridgehead atoms. The van der Waals surface area contributed by atoms with Crippen LogP contribution in [0.1, 0.15) is 30.3 Å². The molecule has 1 aliphatic heterocycles. The molecule has 1 fully saturated rings. The highest BCUT2D eigenvalue weighted by Gasteiger charge is 2.27. The maximum Gasteiger partial charge on any atom is 0.289 e. The van der Waals surface area contributed by atoms with E-state index in [1.807, 2.05) is 30.0 Å². The molecule has 6 heteroatoms. The molecule has 0 aliphatic carbocycles. The molecule has 3 rings (SSSR count). The van der Waals surface area contributed by atoms with Crippen molar-refractivity contribution in [1.29, 1.82) is 0 Å². The van der Waals surface area contributed by atoms with Crippen LogP contribution < -0.4 is 5.73 Å². The minimum atomic E-state index is -0.0635. The zero-order valence-electron chi connectivity index (χ0n) is 13.6. The Balaban J connectivity index is 0.00000208. The fraction of sp³-hybridized carbons (Fsp3) is 0.389. The maximum atomic E-state index is 12.6. The van der Waals surface area contributed by atoms with Crippen molar-refractivity contribution in [3.8, 4) is 11.3 Å². The lowest BCUT2D eigenvalue weighted by Crippen LogP contribution is -2.42. The van der Waals surface area contributed by atoms with Gasteiger partial charge >= 0.3 is 0 Å². The Bertz CT molecular complexity index is 692. The third-order valence-electron chi connectivity index (χ3n) is 4.53. The smallest absolute Gasteiger partial charge is 0.289 e. The van der Waals surface area contributed by atoms with Crippen molar-refractivity contribution in [1.82, 2.24) is 4.90 Å². The molecule has 1 unspecified atom stereocenters. The van der Waals surface area contributed by atoms with E-state index < -0.39 is 0 Å². The van der Waals surface area contributed by atoms with Gasteiger partial charge in [-0.2, -0.15) is 0 Å². The van der Waals surface area contributed by atoms with Gasteiger partial charge < -0.3 is 15.1 Å². The number of nitrogens with two attached hydrogens (primary N) is 1. The Labute approximate surface area is 153 Å². The highest BCUT2D eigenvalue weighted by Crippen LogP contribution is 2.30. The van der Waals surface area contributed by atoms with Crippen molar-refractivity contribution in [2.75, 3.05) is 13.1 Å². The molecule has 1 aromatic heterocycles. The number of carbonyl (C=O) groups is 1. The van der Waals surface area contributed by atoms with Gasteiger partial charge in [0.1, 0.15) is 5.76 Å². The first-order valence-electron chi connectivity index (χ1n) is 7.96. The summed E-state index contributed by atoms with van der Waals surface area (Å²) in [7, 11) is 0. The summed E-state index contributed by atoms with van der Waals surface area (Å²) in [5, 5.41) is 0.610. The van der Waals surface area contributed by atoms with Crippen LogP contribution in [0.4, 0.5) is 0 Å². The fourth-order valence-corrected chi connectivity index (χ4v) is 3.27. The van der Waals surface area contributed by atoms with Crippen LogP contribution in [0, 0.1) is 5.92 Å². The number of piperidine rings is 1. The molecule has 24 heavy (non-hydrogen) atoms. The number of nitrogens with zero attached hydrogens (tertiary/aromatic N) is 1. The van der Waals surface area contributed by atoms with E-state index in [0.717, 1.165) is 31.5 Å². The van der Waals surface area contributed by atoms with Gasteiger partial charge in [-0.15, -0.1) is 12.4 Å². The summed E-state index contributed by atoms with van der Waals surface area (Å²) in [4.78, 5) is 14.4. The summed E-state index contributed by atoms with van der Waals surface area (Å²) in [6, 6.07) is 11.1. The number of hydrogen-bond acceptors (Lipinski definition) is 3. The van der Waals surface area contributed by atoms with E-state index in [0.29, 0.717) is 22.5 Å². The molecular formula is C18H22Cl2N2O2. The minimum absolute atomic E-state index is 0. The Morgan fingerprint density at radius 3 is 2.54 bits per heavy atom. The van der Waals surface area contributed by atoms with Gasteiger partial charge in [-0.3, -0.25) is 4.79 Å². The molecule has 2 N–H and O–H groups in total. The summed E-state index contributed by atoms with van der Waals surface area (Å²) < 4.78 is 5.74. The Morgan fingerprint density at radius 1 is 1.25 bits per heavy atom. The van der Waals surface area contributed by atoms with Crippen LogP contribution >= 0.6 is 24.0 Å². The van der Waals surface area contributed by atoms with Crippen LogP contribution in [0.3, 0.4) is 0 Å². The van der Waals surface area contributed by atoms with Crippen LogP contribution in [0.15, 0.2) is 40.8 Å². The predicted octanol–water partition coefficient (Wildman–Crippen LogP) is 4.22. The van der Waals surface area contributed by atoms with Crippen molar-refractivity contribution >= 4 is 29.9 Å². The van der Waals surface area contributed by atoms with Gasteiger partial charge in [0.05, 0.1) is 5.02 Å². The lowest BCUT2D eigenvalue weighted by atomic mass is 9.91. The number of amides is 1. The number of hydrogen-bond donors (Lipinski definition) is 1. The molecule has 0 radical (unpaired) electrons. The average molecular weight is 369 g/mol. The van der Waals surface area contributed by atoms with Crippen molar-refractivity contribution in [3.63, 3.8) is 0 Å². The van der Waals surface area contributed by atoms with E-state index in [1.165, 1.54) is 0 Å². The van der Waals surface area contributed by atoms with Crippen molar-refractivity contribution < 1.29 is 9.21 Å². The van der Waals surface area contributed by atoms with Gasteiger partial charge in [0.25, 0.3) is 5.91 Å². The van der Waals surface area contributed by atoms with E-state index in [-0.39, 0.29) is 24.4 Å². The molecule has 0 spiro atoms. The Hall–Kier alpha value is -1.49. The summed E-state index contributed by atoms with van der Waals surface area (Å²) in [5.74, 6) is 1.41. The van der Waals surface area contributed by atoms with Crippen LogP contribution in [0.5, 0.6) is 0 Å². The Kier molecular flexibility index (Phi) is 6.33. The van der Waals surface area contributed by atoms with Gasteiger partial charge in [0.2, 0.25) is 0 Å². The molecule has 1 amide bonds. The van der Waals surface area contributed by atoms with Gasteiger partial charge in [0.15, 0.2) is 5.76 Å². The molecule has 2 aromatic rings. The highest BCUT2D eigenvalue weighted by molar-refractivity contribution is 6.33. The standard InChI is InChI=1S/C18H21ClN2O2.ClH/c1-12(20)13-8-10-21(11-9-13)18(22)17-7-6-16(23-17)14-4-2-3-5-15(14)19;/h2-7,12-13H,8-11,20H2,1H3;1H. The lowest BCUT2D eigenvalue weighted by Gasteiger charge is -2.33. The third kappa shape index (κ3) is 3.94. The van der Waals surface area contributed by atoms with Gasteiger partial charge in [0, 0.05) is 24.7 Å². The fourth-order valence-electron chi connectivity index (χ4n) is 3.04. The van der Waals surface area contributed by atoms with Crippen LogP contribution in [0.2, 0.25) is 5.02 Å². The summed E-state index contributed by atoms with van der Waals surface area (Å²) in [5.41, 5.74) is 6.74. The number of carbonyl (C=O) groups excluding carboxylic acids is 1. The van der Waals surface area contributed by atoms with E-state index >= 15 is 0 Å². The normalized spacial score (nSPS) is 16.5. The van der Waals surface area contributed by atoms with Crippen molar-refractivity contribution in [2.24, 2.45) is 11.7 Å². The quantitative estimate of drug-likeness (QED) is 0.881. The van der Waals surface area contributed by atoms with E-state index in [2.05, 4.69) is 0 Å². The molecule has 1 aromatic carbocycles. The second-order valence-electron chi connectivity index (χ2n) is 6.13. The SMILES string of the molecule is CC(N)C1CCN(C(=O)c2ccc(-c3ccccc3Cl)o2)CC1.Cl. The molecule has 1 saturated heterocycles. The van der Waals surface area contributed by atoms with Crippen molar-refractivity contribution in [3.05, 3.63) is 47.2 Å². The number of rotatable bonds is 3. The molecule has 130 valence electrons. The third-order valence-corrected chi connectivity index (χ3v) is 4.86.